The summed E-state index contributed by atoms with van der Waals surface area (Å²) in [5, 5.41) is 8.80. The van der Waals surface area contributed by atoms with Gasteiger partial charge in [0.1, 0.15) is 23.2 Å². The summed E-state index contributed by atoms with van der Waals surface area (Å²) in [6.45, 7) is 3.19. The highest BCUT2D eigenvalue weighted by Gasteiger charge is 2.26. The van der Waals surface area contributed by atoms with Gasteiger partial charge in [-0.2, -0.15) is 0 Å². The molecule has 1 aliphatic rings. The summed E-state index contributed by atoms with van der Waals surface area (Å²) in [4.78, 5) is 4.39. The molecule has 0 bridgehead atoms. The molecule has 26 heavy (non-hydrogen) atoms. The van der Waals surface area contributed by atoms with E-state index >= 15 is 0 Å². The average Bonchev–Trinajstić information content (AvgIpc) is 2.97. The van der Waals surface area contributed by atoms with E-state index in [1.54, 1.807) is 19.2 Å². The standard InChI is InChI=1S/C19H28FN5O/c1-23(2)13-18-21-22-19(24(18)3)14-6-5-9-25(11-14)12-15-10-16(26-4)7-8-17(15)20/h7-8,10,14H,5-6,9,11-13H2,1-4H3. The first-order chi connectivity index (χ1) is 12.5. The molecule has 2 heterocycles. The zero-order valence-corrected chi connectivity index (χ0v) is 16.1. The number of hydrogen-bond donors (Lipinski definition) is 0. The first kappa shape index (κ1) is 18.8. The van der Waals surface area contributed by atoms with E-state index in [-0.39, 0.29) is 5.82 Å². The van der Waals surface area contributed by atoms with Gasteiger partial charge in [0, 0.05) is 31.6 Å². The second-order valence-corrected chi connectivity index (χ2v) is 7.30. The fraction of sp³-hybridized carbons (Fsp3) is 0.579. The van der Waals surface area contributed by atoms with Gasteiger partial charge in [0.2, 0.25) is 0 Å². The van der Waals surface area contributed by atoms with Crippen LogP contribution in [-0.4, -0.2) is 58.9 Å². The number of hydrogen-bond acceptors (Lipinski definition) is 5. The maximum absolute atomic E-state index is 14.2. The minimum absolute atomic E-state index is 0.181. The minimum Gasteiger partial charge on any atom is -0.497 e. The molecule has 0 amide bonds. The van der Waals surface area contributed by atoms with E-state index in [4.69, 9.17) is 4.74 Å². The van der Waals surface area contributed by atoms with Crippen LogP contribution in [-0.2, 0) is 20.1 Å². The van der Waals surface area contributed by atoms with Gasteiger partial charge in [-0.25, -0.2) is 4.39 Å². The smallest absolute Gasteiger partial charge is 0.146 e. The summed E-state index contributed by atoms with van der Waals surface area (Å²) in [5.41, 5.74) is 0.677. The third-order valence-electron chi connectivity index (χ3n) is 4.97. The first-order valence-corrected chi connectivity index (χ1v) is 9.05. The highest BCUT2D eigenvalue weighted by atomic mass is 19.1. The molecule has 1 atom stereocenters. The Kier molecular flexibility index (Phi) is 5.88. The monoisotopic (exact) mass is 361 g/mol. The normalized spacial score (nSPS) is 18.5. The topological polar surface area (TPSA) is 46.4 Å². The van der Waals surface area contributed by atoms with Crippen LogP contribution in [0.2, 0.25) is 0 Å². The molecule has 6 nitrogen and oxygen atoms in total. The van der Waals surface area contributed by atoms with Crippen molar-refractivity contribution in [3.63, 3.8) is 0 Å². The molecule has 1 aliphatic heterocycles. The van der Waals surface area contributed by atoms with Crippen LogP contribution in [0.25, 0.3) is 0 Å². The number of halogens is 1. The number of methoxy groups -OCH3 is 1. The van der Waals surface area contributed by atoms with E-state index in [1.807, 2.05) is 21.1 Å². The summed E-state index contributed by atoms with van der Waals surface area (Å²) in [6.07, 6.45) is 2.16. The van der Waals surface area contributed by atoms with Crippen molar-refractivity contribution < 1.29 is 9.13 Å². The number of likely N-dealkylation sites (tertiary alicyclic amines) is 1. The molecule has 3 rings (SSSR count). The van der Waals surface area contributed by atoms with Crippen molar-refractivity contribution >= 4 is 0 Å². The number of rotatable bonds is 6. The summed E-state index contributed by atoms with van der Waals surface area (Å²) in [6, 6.07) is 4.92. The lowest BCUT2D eigenvalue weighted by Gasteiger charge is -2.32. The molecule has 0 aliphatic carbocycles. The van der Waals surface area contributed by atoms with Crippen LogP contribution >= 0.6 is 0 Å². The lowest BCUT2D eigenvalue weighted by molar-refractivity contribution is 0.192. The zero-order chi connectivity index (χ0) is 18.7. The van der Waals surface area contributed by atoms with E-state index in [0.29, 0.717) is 23.8 Å². The number of aromatic nitrogens is 3. The summed E-state index contributed by atoms with van der Waals surface area (Å²) >= 11 is 0. The van der Waals surface area contributed by atoms with Gasteiger partial charge in [-0.15, -0.1) is 10.2 Å². The SMILES string of the molecule is COc1ccc(F)c(CN2CCCC(c3nnc(CN(C)C)n3C)C2)c1. The van der Waals surface area contributed by atoms with Crippen molar-refractivity contribution in [3.8, 4) is 5.75 Å². The van der Waals surface area contributed by atoms with Crippen LogP contribution in [0.15, 0.2) is 18.2 Å². The molecule has 0 saturated carbocycles. The Morgan fingerprint density at radius 3 is 2.85 bits per heavy atom. The maximum Gasteiger partial charge on any atom is 0.146 e. The van der Waals surface area contributed by atoms with Crippen LogP contribution in [0.4, 0.5) is 4.39 Å². The van der Waals surface area contributed by atoms with Gasteiger partial charge in [0.15, 0.2) is 0 Å². The van der Waals surface area contributed by atoms with Crippen molar-refractivity contribution in [1.29, 1.82) is 0 Å². The Labute approximate surface area is 154 Å². The van der Waals surface area contributed by atoms with Crippen LogP contribution < -0.4 is 4.74 Å². The van der Waals surface area contributed by atoms with Gasteiger partial charge in [0.25, 0.3) is 0 Å². The molecule has 0 radical (unpaired) electrons. The van der Waals surface area contributed by atoms with Gasteiger partial charge in [-0.05, 0) is 51.7 Å². The fourth-order valence-corrected chi connectivity index (χ4v) is 3.60. The second kappa shape index (κ2) is 8.14. The lowest BCUT2D eigenvalue weighted by Crippen LogP contribution is -2.35. The molecule has 7 heteroatoms. The van der Waals surface area contributed by atoms with Crippen molar-refractivity contribution in [3.05, 3.63) is 41.2 Å². The van der Waals surface area contributed by atoms with Crippen LogP contribution in [0.1, 0.15) is 36.0 Å². The molecule has 1 saturated heterocycles. The highest BCUT2D eigenvalue weighted by Crippen LogP contribution is 2.28. The van der Waals surface area contributed by atoms with Crippen molar-refractivity contribution in [2.75, 3.05) is 34.3 Å². The van der Waals surface area contributed by atoms with Gasteiger partial charge >= 0.3 is 0 Å². The molecule has 1 unspecified atom stereocenters. The molecule has 2 aromatic rings. The number of piperidine rings is 1. The van der Waals surface area contributed by atoms with Crippen molar-refractivity contribution in [2.45, 2.75) is 31.8 Å². The van der Waals surface area contributed by atoms with Crippen molar-refractivity contribution in [1.82, 2.24) is 24.6 Å². The summed E-state index contributed by atoms with van der Waals surface area (Å²) in [5.74, 6) is 2.83. The van der Waals surface area contributed by atoms with E-state index in [9.17, 15) is 4.39 Å². The first-order valence-electron chi connectivity index (χ1n) is 9.05. The quantitative estimate of drug-likeness (QED) is 0.791. The van der Waals surface area contributed by atoms with Crippen LogP contribution in [0.5, 0.6) is 5.75 Å². The molecular formula is C19H28FN5O. The molecule has 1 aromatic heterocycles. The highest BCUT2D eigenvalue weighted by molar-refractivity contribution is 5.29. The van der Waals surface area contributed by atoms with Gasteiger partial charge < -0.3 is 14.2 Å². The second-order valence-electron chi connectivity index (χ2n) is 7.30. The largest absolute Gasteiger partial charge is 0.497 e. The van der Waals surface area contributed by atoms with E-state index in [2.05, 4.69) is 24.6 Å². The Morgan fingerprint density at radius 2 is 2.12 bits per heavy atom. The Morgan fingerprint density at radius 1 is 1.31 bits per heavy atom. The number of nitrogens with zero attached hydrogens (tertiary/aromatic N) is 5. The van der Waals surface area contributed by atoms with Crippen LogP contribution in [0.3, 0.4) is 0 Å². The Balaban J connectivity index is 1.71. The van der Waals surface area contributed by atoms with E-state index in [1.165, 1.54) is 6.07 Å². The fourth-order valence-electron chi connectivity index (χ4n) is 3.60. The molecule has 0 N–H and O–H groups in total. The lowest BCUT2D eigenvalue weighted by atomic mass is 9.96. The summed E-state index contributed by atoms with van der Waals surface area (Å²) < 4.78 is 21.5. The molecular weight excluding hydrogens is 333 g/mol. The zero-order valence-electron chi connectivity index (χ0n) is 16.1. The predicted octanol–water partition coefficient (Wildman–Crippen LogP) is 2.40. The van der Waals surface area contributed by atoms with Crippen LogP contribution in [0, 0.1) is 5.82 Å². The molecule has 1 fully saturated rings. The van der Waals surface area contributed by atoms with E-state index < -0.39 is 0 Å². The third-order valence-corrected chi connectivity index (χ3v) is 4.97. The minimum atomic E-state index is -0.181. The van der Waals surface area contributed by atoms with Gasteiger partial charge in [-0.1, -0.05) is 0 Å². The Bertz CT molecular complexity index is 746. The molecule has 142 valence electrons. The van der Waals surface area contributed by atoms with Gasteiger partial charge in [0.05, 0.1) is 13.7 Å². The summed E-state index contributed by atoms with van der Waals surface area (Å²) in [7, 11) is 7.70. The molecule has 1 aromatic carbocycles. The average molecular weight is 361 g/mol. The third kappa shape index (κ3) is 4.22. The molecule has 0 spiro atoms. The van der Waals surface area contributed by atoms with Gasteiger partial charge in [-0.3, -0.25) is 4.90 Å². The Hall–Kier alpha value is -1.99. The maximum atomic E-state index is 14.2. The number of ether oxygens (including phenoxy) is 1. The van der Waals surface area contributed by atoms with Crippen molar-refractivity contribution in [2.24, 2.45) is 7.05 Å². The van der Waals surface area contributed by atoms with E-state index in [0.717, 1.165) is 44.1 Å². The number of benzene rings is 1. The predicted molar refractivity (Wildman–Crippen MR) is 98.6 cm³/mol.